The molecule has 150 valence electrons. The molecule has 2 aromatic carbocycles. The van der Waals surface area contributed by atoms with Crippen LogP contribution in [0.3, 0.4) is 0 Å². The van der Waals surface area contributed by atoms with Gasteiger partial charge in [0.25, 0.3) is 5.91 Å². The van der Waals surface area contributed by atoms with Gasteiger partial charge >= 0.3 is 12.2 Å². The fraction of sp³-hybridized carbons (Fsp3) is 0.105. The van der Waals surface area contributed by atoms with Gasteiger partial charge in [0.2, 0.25) is 5.91 Å². The van der Waals surface area contributed by atoms with Gasteiger partial charge in [-0.05, 0) is 42.0 Å². The van der Waals surface area contributed by atoms with Gasteiger partial charge in [-0.15, -0.1) is 0 Å². The first kappa shape index (κ1) is 19.9. The molecule has 10 heteroatoms. The number of nitrogens with one attached hydrogen (secondary N) is 2. The van der Waals surface area contributed by atoms with Crippen molar-refractivity contribution < 1.29 is 32.7 Å². The number of amides is 4. The van der Waals surface area contributed by atoms with Crippen LogP contribution < -0.4 is 10.6 Å². The number of carbonyl (C=O) groups is 3. The molecule has 2 aromatic rings. The molecule has 0 aliphatic carbocycles. The van der Waals surface area contributed by atoms with Gasteiger partial charge in [-0.3, -0.25) is 9.59 Å². The Morgan fingerprint density at radius 2 is 1.83 bits per heavy atom. The number of imide groups is 1. The van der Waals surface area contributed by atoms with E-state index in [-0.39, 0.29) is 17.1 Å². The Labute approximate surface area is 162 Å². The highest BCUT2D eigenvalue weighted by molar-refractivity contribution is 6.15. The zero-order chi connectivity index (χ0) is 21.2. The van der Waals surface area contributed by atoms with E-state index in [1.807, 2.05) is 0 Å². The molecular formula is C19H14F3N3O4. The first-order chi connectivity index (χ1) is 13.6. The maximum absolute atomic E-state index is 12.7. The van der Waals surface area contributed by atoms with Crippen molar-refractivity contribution in [3.05, 3.63) is 65.4 Å². The largest absolute Gasteiger partial charge is 0.508 e. The number of hydrogen-bond acceptors (Lipinski definition) is 4. The van der Waals surface area contributed by atoms with Crippen LogP contribution in [0.4, 0.5) is 23.7 Å². The van der Waals surface area contributed by atoms with Crippen molar-refractivity contribution in [3.8, 4) is 5.75 Å². The Balaban J connectivity index is 1.68. The number of benzene rings is 2. The summed E-state index contributed by atoms with van der Waals surface area (Å²) in [6.07, 6.45) is -3.20. The summed E-state index contributed by atoms with van der Waals surface area (Å²) in [6.45, 7) is -0.673. The molecule has 0 bridgehead atoms. The van der Waals surface area contributed by atoms with Crippen molar-refractivity contribution in [2.45, 2.75) is 6.18 Å². The number of phenols is 1. The molecule has 1 heterocycles. The van der Waals surface area contributed by atoms with Crippen LogP contribution in [0.1, 0.15) is 11.1 Å². The zero-order valence-corrected chi connectivity index (χ0v) is 14.7. The predicted molar refractivity (Wildman–Crippen MR) is 96.4 cm³/mol. The van der Waals surface area contributed by atoms with E-state index in [4.69, 9.17) is 0 Å². The second-order valence-corrected chi connectivity index (χ2v) is 6.10. The Bertz CT molecular complexity index is 1000. The molecule has 7 nitrogen and oxygen atoms in total. The lowest BCUT2D eigenvalue weighted by atomic mass is 10.2. The van der Waals surface area contributed by atoms with Crippen molar-refractivity contribution in [2.75, 3.05) is 11.9 Å². The van der Waals surface area contributed by atoms with E-state index in [2.05, 4.69) is 10.6 Å². The fourth-order valence-electron chi connectivity index (χ4n) is 2.57. The number of phenolic OH excluding ortho intramolecular Hbond substituents is 1. The number of anilines is 1. The van der Waals surface area contributed by atoms with Crippen LogP contribution >= 0.6 is 0 Å². The average Bonchev–Trinajstić information content (AvgIpc) is 2.90. The molecule has 1 saturated heterocycles. The number of nitrogens with zero attached hydrogens (tertiary/aromatic N) is 1. The summed E-state index contributed by atoms with van der Waals surface area (Å²) in [5, 5.41) is 13.8. The molecular weight excluding hydrogens is 391 g/mol. The van der Waals surface area contributed by atoms with Crippen LogP contribution in [-0.4, -0.2) is 34.4 Å². The second-order valence-electron chi connectivity index (χ2n) is 6.10. The molecule has 4 amide bonds. The summed E-state index contributed by atoms with van der Waals surface area (Å²) < 4.78 is 38.2. The first-order valence-corrected chi connectivity index (χ1v) is 8.24. The predicted octanol–water partition coefficient (Wildman–Crippen LogP) is 2.94. The Hall–Kier alpha value is -3.82. The van der Waals surface area contributed by atoms with Crippen LogP contribution in [0, 0.1) is 0 Å². The number of alkyl halides is 3. The molecule has 0 saturated carbocycles. The van der Waals surface area contributed by atoms with Crippen LogP contribution in [0.5, 0.6) is 5.75 Å². The minimum absolute atomic E-state index is 0.0295. The quantitative estimate of drug-likeness (QED) is 0.538. The molecule has 0 unspecified atom stereocenters. The van der Waals surface area contributed by atoms with Crippen molar-refractivity contribution in [1.82, 2.24) is 10.2 Å². The summed E-state index contributed by atoms with van der Waals surface area (Å²) in [6, 6.07) is 8.99. The number of urea groups is 1. The van der Waals surface area contributed by atoms with Crippen LogP contribution in [0.25, 0.3) is 6.08 Å². The van der Waals surface area contributed by atoms with Gasteiger partial charge in [0.05, 0.1) is 5.56 Å². The topological polar surface area (TPSA) is 98.7 Å². The molecule has 0 aromatic heterocycles. The highest BCUT2D eigenvalue weighted by Crippen LogP contribution is 2.30. The molecule has 3 rings (SSSR count). The SMILES string of the molecule is O=C(CN1C(=O)NC(=Cc2ccc(O)cc2)C1=O)Nc1cccc(C(F)(F)F)c1. The Morgan fingerprint density at radius 1 is 1.14 bits per heavy atom. The molecule has 1 fully saturated rings. The van der Waals surface area contributed by atoms with Gasteiger partial charge < -0.3 is 15.7 Å². The average molecular weight is 405 g/mol. The van der Waals surface area contributed by atoms with Gasteiger partial charge in [0.15, 0.2) is 0 Å². The minimum atomic E-state index is -4.57. The number of aromatic hydroxyl groups is 1. The number of rotatable bonds is 4. The number of carbonyl (C=O) groups excluding carboxylic acids is 3. The second kappa shape index (κ2) is 7.66. The maximum Gasteiger partial charge on any atom is 0.416 e. The van der Waals surface area contributed by atoms with Crippen molar-refractivity contribution in [3.63, 3.8) is 0 Å². The van der Waals surface area contributed by atoms with E-state index < -0.39 is 36.1 Å². The summed E-state index contributed by atoms with van der Waals surface area (Å²) in [7, 11) is 0. The zero-order valence-electron chi connectivity index (χ0n) is 14.7. The van der Waals surface area contributed by atoms with E-state index in [9.17, 15) is 32.7 Å². The molecule has 29 heavy (non-hydrogen) atoms. The van der Waals surface area contributed by atoms with E-state index >= 15 is 0 Å². The highest BCUT2D eigenvalue weighted by Gasteiger charge is 2.35. The third kappa shape index (κ3) is 4.72. The molecule has 0 spiro atoms. The molecule has 0 atom stereocenters. The first-order valence-electron chi connectivity index (χ1n) is 8.24. The normalized spacial score (nSPS) is 15.6. The lowest BCUT2D eigenvalue weighted by Gasteiger charge is -2.13. The third-order valence-electron chi connectivity index (χ3n) is 3.94. The van der Waals surface area contributed by atoms with Gasteiger partial charge in [-0.2, -0.15) is 13.2 Å². The van der Waals surface area contributed by atoms with Gasteiger partial charge in [0, 0.05) is 5.69 Å². The number of hydrogen-bond donors (Lipinski definition) is 3. The van der Waals surface area contributed by atoms with Gasteiger partial charge in [-0.1, -0.05) is 18.2 Å². The summed E-state index contributed by atoms with van der Waals surface area (Å²) in [4.78, 5) is 37.1. The van der Waals surface area contributed by atoms with E-state index in [1.54, 1.807) is 0 Å². The summed E-state index contributed by atoms with van der Waals surface area (Å²) in [5.74, 6) is -1.57. The Kier molecular flexibility index (Phi) is 5.26. The molecule has 0 radical (unpaired) electrons. The van der Waals surface area contributed by atoms with Crippen LogP contribution in [0.15, 0.2) is 54.2 Å². The monoisotopic (exact) mass is 405 g/mol. The fourth-order valence-corrected chi connectivity index (χ4v) is 2.57. The van der Waals surface area contributed by atoms with Crippen molar-refractivity contribution in [1.29, 1.82) is 0 Å². The van der Waals surface area contributed by atoms with Crippen LogP contribution in [-0.2, 0) is 15.8 Å². The van der Waals surface area contributed by atoms with E-state index in [0.29, 0.717) is 10.5 Å². The molecule has 1 aliphatic rings. The molecule has 1 aliphatic heterocycles. The lowest BCUT2D eigenvalue weighted by molar-refractivity contribution is -0.137. The third-order valence-corrected chi connectivity index (χ3v) is 3.94. The van der Waals surface area contributed by atoms with E-state index in [0.717, 1.165) is 18.2 Å². The minimum Gasteiger partial charge on any atom is -0.508 e. The highest BCUT2D eigenvalue weighted by atomic mass is 19.4. The van der Waals surface area contributed by atoms with Gasteiger partial charge in [0.1, 0.15) is 18.0 Å². The summed E-state index contributed by atoms with van der Waals surface area (Å²) >= 11 is 0. The van der Waals surface area contributed by atoms with Gasteiger partial charge in [-0.25, -0.2) is 9.69 Å². The van der Waals surface area contributed by atoms with Crippen molar-refractivity contribution >= 4 is 29.6 Å². The van der Waals surface area contributed by atoms with Crippen molar-refractivity contribution in [2.24, 2.45) is 0 Å². The molecule has 3 N–H and O–H groups in total. The standard InChI is InChI=1S/C19H14F3N3O4/c20-19(21,22)12-2-1-3-13(9-12)23-16(27)10-25-17(28)15(24-18(25)29)8-11-4-6-14(26)7-5-11/h1-9,26H,10H2,(H,23,27)(H,24,29). The Morgan fingerprint density at radius 3 is 2.48 bits per heavy atom. The smallest absolute Gasteiger partial charge is 0.416 e. The van der Waals surface area contributed by atoms with Crippen LogP contribution in [0.2, 0.25) is 0 Å². The summed E-state index contributed by atoms with van der Waals surface area (Å²) in [5.41, 5.74) is -0.601. The lowest BCUT2D eigenvalue weighted by Crippen LogP contribution is -2.38. The maximum atomic E-state index is 12.7. The number of halogens is 3. The van der Waals surface area contributed by atoms with E-state index in [1.165, 1.54) is 36.4 Å².